The molecule has 0 saturated carbocycles. The quantitative estimate of drug-likeness (QED) is 0.477. The lowest BCUT2D eigenvalue weighted by Crippen LogP contribution is -2.04. The van der Waals surface area contributed by atoms with Crippen LogP contribution in [0, 0.1) is 0 Å². The third kappa shape index (κ3) is 2.54. The molecule has 0 aliphatic carbocycles. The van der Waals surface area contributed by atoms with Gasteiger partial charge in [0.1, 0.15) is 5.75 Å². The maximum absolute atomic E-state index is 12.9. The molecule has 28 heavy (non-hydrogen) atoms. The first kappa shape index (κ1) is 16.3. The molecule has 0 radical (unpaired) electrons. The van der Waals surface area contributed by atoms with E-state index in [-0.39, 0.29) is 5.43 Å². The second kappa shape index (κ2) is 6.35. The van der Waals surface area contributed by atoms with Crippen molar-refractivity contribution >= 4 is 21.8 Å². The summed E-state index contributed by atoms with van der Waals surface area (Å²) in [7, 11) is 1.62. The standard InChI is InChI=1S/C22H15N3O3/c1-27-14-11-9-13(10-12-14)21-24-25-22(28-21)17-7-4-6-16-19(17)23-18-8-3-2-5-15(18)20(16)26/h2-12H,1H3,(H,23,26). The lowest BCUT2D eigenvalue weighted by atomic mass is 10.1. The Morgan fingerprint density at radius 1 is 0.857 bits per heavy atom. The number of methoxy groups -OCH3 is 1. The summed E-state index contributed by atoms with van der Waals surface area (Å²) in [5.41, 5.74) is 2.89. The average Bonchev–Trinajstić information content (AvgIpc) is 3.24. The number of ether oxygens (including phenoxy) is 1. The van der Waals surface area contributed by atoms with Crippen LogP contribution in [0.15, 0.2) is 75.9 Å². The molecule has 6 heteroatoms. The van der Waals surface area contributed by atoms with Crippen LogP contribution in [0.5, 0.6) is 5.75 Å². The number of hydrogen-bond donors (Lipinski definition) is 1. The van der Waals surface area contributed by atoms with Gasteiger partial charge in [0.2, 0.25) is 11.8 Å². The van der Waals surface area contributed by atoms with Crippen LogP contribution in [-0.2, 0) is 0 Å². The van der Waals surface area contributed by atoms with Crippen LogP contribution in [0.4, 0.5) is 0 Å². The Balaban J connectivity index is 1.67. The summed E-state index contributed by atoms with van der Waals surface area (Å²) in [4.78, 5) is 16.2. The van der Waals surface area contributed by atoms with E-state index in [2.05, 4.69) is 15.2 Å². The Morgan fingerprint density at radius 3 is 2.43 bits per heavy atom. The highest BCUT2D eigenvalue weighted by molar-refractivity contribution is 5.98. The first-order chi connectivity index (χ1) is 13.7. The fourth-order valence-electron chi connectivity index (χ4n) is 3.31. The van der Waals surface area contributed by atoms with Gasteiger partial charge < -0.3 is 14.1 Å². The molecule has 1 N–H and O–H groups in total. The van der Waals surface area contributed by atoms with Crippen molar-refractivity contribution in [1.82, 2.24) is 15.2 Å². The number of para-hydroxylation sites is 2. The molecule has 2 aromatic heterocycles. The number of fused-ring (bicyclic) bond motifs is 2. The molecule has 0 bridgehead atoms. The molecule has 0 atom stereocenters. The van der Waals surface area contributed by atoms with Crippen molar-refractivity contribution in [3.8, 4) is 28.7 Å². The third-order valence-electron chi connectivity index (χ3n) is 4.73. The molecule has 5 rings (SSSR count). The lowest BCUT2D eigenvalue weighted by Gasteiger charge is -2.05. The molecule has 136 valence electrons. The zero-order valence-electron chi connectivity index (χ0n) is 15.0. The largest absolute Gasteiger partial charge is 0.497 e. The third-order valence-corrected chi connectivity index (χ3v) is 4.73. The number of H-pyrrole nitrogens is 1. The summed E-state index contributed by atoms with van der Waals surface area (Å²) in [5.74, 6) is 1.50. The van der Waals surface area contributed by atoms with Gasteiger partial charge in [0.05, 0.1) is 18.2 Å². The Morgan fingerprint density at radius 2 is 1.61 bits per heavy atom. The number of aromatic amines is 1. The van der Waals surface area contributed by atoms with E-state index in [9.17, 15) is 4.79 Å². The molecular weight excluding hydrogens is 354 g/mol. The molecule has 0 spiro atoms. The molecular formula is C22H15N3O3. The van der Waals surface area contributed by atoms with Crippen molar-refractivity contribution in [1.29, 1.82) is 0 Å². The molecule has 0 fully saturated rings. The van der Waals surface area contributed by atoms with E-state index in [1.807, 2.05) is 60.7 Å². The van der Waals surface area contributed by atoms with Crippen LogP contribution < -0.4 is 10.2 Å². The molecule has 2 heterocycles. The smallest absolute Gasteiger partial charge is 0.250 e. The second-order valence-corrected chi connectivity index (χ2v) is 6.37. The fourth-order valence-corrected chi connectivity index (χ4v) is 3.31. The van der Waals surface area contributed by atoms with Gasteiger partial charge in [-0.2, -0.15) is 0 Å². The Labute approximate surface area is 159 Å². The van der Waals surface area contributed by atoms with Crippen molar-refractivity contribution in [3.05, 3.63) is 77.0 Å². The molecule has 6 nitrogen and oxygen atoms in total. The van der Waals surface area contributed by atoms with E-state index in [1.165, 1.54) is 0 Å². The zero-order chi connectivity index (χ0) is 19.1. The van der Waals surface area contributed by atoms with Crippen molar-refractivity contribution in [2.75, 3.05) is 7.11 Å². The monoisotopic (exact) mass is 369 g/mol. The van der Waals surface area contributed by atoms with Gasteiger partial charge in [0.15, 0.2) is 5.43 Å². The van der Waals surface area contributed by atoms with Gasteiger partial charge in [-0.25, -0.2) is 0 Å². The molecule has 3 aromatic carbocycles. The summed E-state index contributed by atoms with van der Waals surface area (Å²) < 4.78 is 11.1. The van der Waals surface area contributed by atoms with Crippen LogP contribution in [0.1, 0.15) is 0 Å². The SMILES string of the molecule is COc1ccc(-c2nnc(-c3cccc4c(=O)c5ccccc5[nH]c34)o2)cc1. The number of pyridine rings is 1. The zero-order valence-corrected chi connectivity index (χ0v) is 15.0. The number of nitrogens with one attached hydrogen (secondary N) is 1. The van der Waals surface area contributed by atoms with Crippen LogP contribution in [-0.4, -0.2) is 22.3 Å². The molecule has 5 aromatic rings. The van der Waals surface area contributed by atoms with Gasteiger partial charge >= 0.3 is 0 Å². The Kier molecular flexibility index (Phi) is 3.69. The molecule has 0 aliphatic heterocycles. The van der Waals surface area contributed by atoms with Gasteiger partial charge in [-0.1, -0.05) is 18.2 Å². The first-order valence-electron chi connectivity index (χ1n) is 8.76. The maximum Gasteiger partial charge on any atom is 0.250 e. The average molecular weight is 369 g/mol. The van der Waals surface area contributed by atoms with E-state index < -0.39 is 0 Å². The van der Waals surface area contributed by atoms with Crippen molar-refractivity contribution in [3.63, 3.8) is 0 Å². The van der Waals surface area contributed by atoms with E-state index in [0.29, 0.717) is 33.6 Å². The van der Waals surface area contributed by atoms with Crippen LogP contribution >= 0.6 is 0 Å². The Bertz CT molecular complexity index is 1370. The van der Waals surface area contributed by atoms with Crippen LogP contribution in [0.2, 0.25) is 0 Å². The van der Waals surface area contributed by atoms with Gasteiger partial charge in [0, 0.05) is 21.9 Å². The minimum absolute atomic E-state index is 0.0268. The van der Waals surface area contributed by atoms with E-state index in [1.54, 1.807) is 13.2 Å². The van der Waals surface area contributed by atoms with Gasteiger partial charge in [0.25, 0.3) is 0 Å². The number of rotatable bonds is 3. The second-order valence-electron chi connectivity index (χ2n) is 6.37. The number of hydrogen-bond acceptors (Lipinski definition) is 5. The van der Waals surface area contributed by atoms with Crippen LogP contribution in [0.25, 0.3) is 44.7 Å². The van der Waals surface area contributed by atoms with Gasteiger partial charge in [-0.3, -0.25) is 4.79 Å². The first-order valence-corrected chi connectivity index (χ1v) is 8.76. The number of benzene rings is 3. The summed E-state index contributed by atoms with van der Waals surface area (Å²) in [5, 5.41) is 9.59. The minimum atomic E-state index is -0.0268. The highest BCUT2D eigenvalue weighted by atomic mass is 16.5. The summed E-state index contributed by atoms with van der Waals surface area (Å²) >= 11 is 0. The molecule has 0 saturated heterocycles. The summed E-state index contributed by atoms with van der Waals surface area (Å²) in [6.07, 6.45) is 0. The Hall–Kier alpha value is -3.93. The topological polar surface area (TPSA) is 81.0 Å². The van der Waals surface area contributed by atoms with Crippen molar-refractivity contribution < 1.29 is 9.15 Å². The molecule has 0 aliphatic rings. The highest BCUT2D eigenvalue weighted by Crippen LogP contribution is 2.29. The maximum atomic E-state index is 12.9. The van der Waals surface area contributed by atoms with E-state index in [0.717, 1.165) is 16.8 Å². The van der Waals surface area contributed by atoms with Crippen molar-refractivity contribution in [2.24, 2.45) is 0 Å². The predicted molar refractivity (Wildman–Crippen MR) is 107 cm³/mol. The summed E-state index contributed by atoms with van der Waals surface area (Å²) in [6, 6.07) is 20.3. The van der Waals surface area contributed by atoms with Crippen LogP contribution in [0.3, 0.4) is 0 Å². The predicted octanol–water partition coefficient (Wildman–Crippen LogP) is 4.41. The van der Waals surface area contributed by atoms with E-state index in [4.69, 9.17) is 9.15 Å². The van der Waals surface area contributed by atoms with Gasteiger partial charge in [-0.15, -0.1) is 10.2 Å². The van der Waals surface area contributed by atoms with Crippen molar-refractivity contribution in [2.45, 2.75) is 0 Å². The van der Waals surface area contributed by atoms with E-state index >= 15 is 0 Å². The number of aromatic nitrogens is 3. The summed E-state index contributed by atoms with van der Waals surface area (Å²) in [6.45, 7) is 0. The fraction of sp³-hybridized carbons (Fsp3) is 0.0455. The minimum Gasteiger partial charge on any atom is -0.497 e. The molecule has 0 amide bonds. The normalized spacial score (nSPS) is 11.2. The number of nitrogens with zero attached hydrogens (tertiary/aromatic N) is 2. The van der Waals surface area contributed by atoms with Gasteiger partial charge in [-0.05, 0) is 48.5 Å². The highest BCUT2D eigenvalue weighted by Gasteiger charge is 2.15. The lowest BCUT2D eigenvalue weighted by molar-refractivity contribution is 0.415. The molecule has 0 unspecified atom stereocenters.